The third-order valence-corrected chi connectivity index (χ3v) is 5.52. The van der Waals surface area contributed by atoms with Gasteiger partial charge in [-0.2, -0.15) is 0 Å². The molecule has 0 radical (unpaired) electrons. The normalized spacial score (nSPS) is 24.9. The van der Waals surface area contributed by atoms with Gasteiger partial charge in [-0.15, -0.1) is 0 Å². The first-order valence-corrected chi connectivity index (χ1v) is 9.09. The molecule has 6 nitrogen and oxygen atoms in total. The molecule has 1 aliphatic carbocycles. The van der Waals surface area contributed by atoms with Crippen LogP contribution in [0.1, 0.15) is 39.0 Å². The Labute approximate surface area is 128 Å². The zero-order valence-corrected chi connectivity index (χ0v) is 13.6. The SMILES string of the molecule is CC(CCNC(=O)NCC1CCC(C(=O)O)CC1)S(C)=O. The molecule has 1 fully saturated rings. The molecule has 2 unspecified atom stereocenters. The summed E-state index contributed by atoms with van der Waals surface area (Å²) in [6, 6.07) is -0.204. The quantitative estimate of drug-likeness (QED) is 0.660. The minimum atomic E-state index is -0.860. The minimum absolute atomic E-state index is 0.0802. The lowest BCUT2D eigenvalue weighted by molar-refractivity contribution is -0.143. The van der Waals surface area contributed by atoms with E-state index in [0.29, 0.717) is 38.3 Å². The predicted octanol–water partition coefficient (Wildman–Crippen LogP) is 1.33. The van der Waals surface area contributed by atoms with Gasteiger partial charge in [0.05, 0.1) is 5.92 Å². The second-order valence-corrected chi connectivity index (χ2v) is 7.59. The second kappa shape index (κ2) is 9.02. The average Bonchev–Trinajstić information content (AvgIpc) is 2.45. The van der Waals surface area contributed by atoms with Crippen LogP contribution in [0, 0.1) is 11.8 Å². The molecule has 0 aromatic heterocycles. The Morgan fingerprint density at radius 1 is 1.24 bits per heavy atom. The number of urea groups is 1. The summed E-state index contributed by atoms with van der Waals surface area (Å²) in [7, 11) is -0.860. The van der Waals surface area contributed by atoms with Crippen molar-refractivity contribution in [2.24, 2.45) is 11.8 Å². The van der Waals surface area contributed by atoms with Crippen LogP contribution < -0.4 is 10.6 Å². The van der Waals surface area contributed by atoms with Crippen LogP contribution in [-0.4, -0.2) is 45.9 Å². The highest BCUT2D eigenvalue weighted by atomic mass is 32.2. The van der Waals surface area contributed by atoms with Crippen molar-refractivity contribution in [3.05, 3.63) is 0 Å². The maximum atomic E-state index is 11.6. The van der Waals surface area contributed by atoms with Crippen molar-refractivity contribution in [1.82, 2.24) is 10.6 Å². The van der Waals surface area contributed by atoms with Gasteiger partial charge in [-0.1, -0.05) is 6.92 Å². The molecule has 0 spiro atoms. The zero-order valence-electron chi connectivity index (χ0n) is 12.8. The number of aliphatic carboxylic acids is 1. The third-order valence-electron chi connectivity index (χ3n) is 4.15. The first kappa shape index (κ1) is 17.9. The van der Waals surface area contributed by atoms with Gasteiger partial charge in [-0.3, -0.25) is 9.00 Å². The number of carbonyl (C=O) groups is 2. The number of carboxylic acid groups (broad SMARTS) is 1. The monoisotopic (exact) mass is 318 g/mol. The van der Waals surface area contributed by atoms with Gasteiger partial charge in [-0.25, -0.2) is 4.79 Å². The average molecular weight is 318 g/mol. The standard InChI is InChI=1S/C14H26N2O4S/c1-10(21(2)20)7-8-15-14(19)16-9-11-3-5-12(6-4-11)13(17)18/h10-12H,3-9H2,1-2H3,(H,17,18)(H2,15,16,19). The number of carbonyl (C=O) groups excluding carboxylic acids is 1. The van der Waals surface area contributed by atoms with Crippen molar-refractivity contribution in [2.75, 3.05) is 19.3 Å². The van der Waals surface area contributed by atoms with Crippen molar-refractivity contribution in [2.45, 2.75) is 44.3 Å². The number of amides is 2. The highest BCUT2D eigenvalue weighted by Gasteiger charge is 2.25. The number of hydrogen-bond donors (Lipinski definition) is 3. The Morgan fingerprint density at radius 2 is 1.86 bits per heavy atom. The molecule has 21 heavy (non-hydrogen) atoms. The fourth-order valence-corrected chi connectivity index (χ4v) is 2.92. The molecule has 0 aromatic rings. The van der Waals surface area contributed by atoms with Crippen LogP contribution in [0.4, 0.5) is 4.79 Å². The summed E-state index contributed by atoms with van der Waals surface area (Å²) in [5.41, 5.74) is 0. The molecule has 0 heterocycles. The Bertz CT molecular complexity index is 381. The van der Waals surface area contributed by atoms with Crippen molar-refractivity contribution in [3.8, 4) is 0 Å². The molecular formula is C14H26N2O4S. The maximum absolute atomic E-state index is 11.6. The lowest BCUT2D eigenvalue weighted by Gasteiger charge is -2.26. The van der Waals surface area contributed by atoms with Gasteiger partial charge < -0.3 is 15.7 Å². The smallest absolute Gasteiger partial charge is 0.314 e. The van der Waals surface area contributed by atoms with Gasteiger partial charge in [-0.05, 0) is 38.0 Å². The van der Waals surface area contributed by atoms with Crippen LogP contribution >= 0.6 is 0 Å². The number of rotatable bonds is 7. The molecule has 7 heteroatoms. The molecule has 0 aromatic carbocycles. The molecule has 2 atom stereocenters. The number of nitrogens with one attached hydrogen (secondary N) is 2. The van der Waals surface area contributed by atoms with Gasteiger partial charge in [0.15, 0.2) is 0 Å². The van der Waals surface area contributed by atoms with Crippen LogP contribution in [0.3, 0.4) is 0 Å². The van der Waals surface area contributed by atoms with Gasteiger partial charge in [0.2, 0.25) is 0 Å². The van der Waals surface area contributed by atoms with E-state index in [2.05, 4.69) is 10.6 Å². The van der Waals surface area contributed by atoms with Gasteiger partial charge in [0, 0.05) is 35.4 Å². The van der Waals surface area contributed by atoms with E-state index >= 15 is 0 Å². The van der Waals surface area contributed by atoms with Crippen LogP contribution in [0.5, 0.6) is 0 Å². The van der Waals surface area contributed by atoms with E-state index in [1.165, 1.54) is 0 Å². The topological polar surface area (TPSA) is 95.5 Å². The second-order valence-electron chi connectivity index (χ2n) is 5.79. The van der Waals surface area contributed by atoms with Crippen LogP contribution in [0.15, 0.2) is 0 Å². The van der Waals surface area contributed by atoms with E-state index in [1.54, 1.807) is 6.26 Å². The lowest BCUT2D eigenvalue weighted by atomic mass is 9.82. The lowest BCUT2D eigenvalue weighted by Crippen LogP contribution is -2.40. The number of carboxylic acids is 1. The molecule has 1 aliphatic rings. The first-order chi connectivity index (χ1) is 9.90. The van der Waals surface area contributed by atoms with Gasteiger partial charge in [0.25, 0.3) is 0 Å². The molecule has 1 rings (SSSR count). The highest BCUT2D eigenvalue weighted by Crippen LogP contribution is 2.28. The summed E-state index contributed by atoms with van der Waals surface area (Å²) in [6.07, 6.45) is 5.46. The fraction of sp³-hybridized carbons (Fsp3) is 0.857. The Balaban J connectivity index is 2.11. The van der Waals surface area contributed by atoms with Crippen LogP contribution in [0.2, 0.25) is 0 Å². The molecule has 0 saturated heterocycles. The summed E-state index contributed by atoms with van der Waals surface area (Å²) >= 11 is 0. The van der Waals surface area contributed by atoms with Gasteiger partial charge in [0.1, 0.15) is 0 Å². The summed E-state index contributed by atoms with van der Waals surface area (Å²) < 4.78 is 11.2. The largest absolute Gasteiger partial charge is 0.481 e. The molecule has 0 bridgehead atoms. The van der Waals surface area contributed by atoms with E-state index in [1.807, 2.05) is 6.92 Å². The molecule has 0 aliphatic heterocycles. The predicted molar refractivity (Wildman–Crippen MR) is 82.6 cm³/mol. The molecular weight excluding hydrogens is 292 g/mol. The van der Waals surface area contributed by atoms with E-state index in [4.69, 9.17) is 5.11 Å². The Morgan fingerprint density at radius 3 is 2.38 bits per heavy atom. The van der Waals surface area contributed by atoms with Crippen molar-refractivity contribution in [1.29, 1.82) is 0 Å². The summed E-state index contributed by atoms with van der Waals surface area (Å²) in [5.74, 6) is -0.554. The van der Waals surface area contributed by atoms with Crippen molar-refractivity contribution < 1.29 is 18.9 Å². The minimum Gasteiger partial charge on any atom is -0.481 e. The third kappa shape index (κ3) is 6.93. The van der Waals surface area contributed by atoms with Crippen molar-refractivity contribution in [3.63, 3.8) is 0 Å². The summed E-state index contributed by atoms with van der Waals surface area (Å²) in [4.78, 5) is 22.5. The molecule has 3 N–H and O–H groups in total. The van der Waals surface area contributed by atoms with E-state index in [9.17, 15) is 13.8 Å². The molecule has 1 saturated carbocycles. The summed E-state index contributed by atoms with van der Waals surface area (Å²) in [5, 5.41) is 14.6. The highest BCUT2D eigenvalue weighted by molar-refractivity contribution is 7.84. The Kier molecular flexibility index (Phi) is 7.71. The first-order valence-electron chi connectivity index (χ1n) is 7.47. The van der Waals surface area contributed by atoms with Gasteiger partial charge >= 0.3 is 12.0 Å². The van der Waals surface area contributed by atoms with Crippen LogP contribution in [0.25, 0.3) is 0 Å². The maximum Gasteiger partial charge on any atom is 0.314 e. The number of hydrogen-bond acceptors (Lipinski definition) is 3. The van der Waals surface area contributed by atoms with E-state index in [-0.39, 0.29) is 17.2 Å². The zero-order chi connectivity index (χ0) is 15.8. The van der Waals surface area contributed by atoms with Crippen LogP contribution in [-0.2, 0) is 15.6 Å². The van der Waals surface area contributed by atoms with E-state index < -0.39 is 16.8 Å². The molecule has 122 valence electrons. The summed E-state index contributed by atoms with van der Waals surface area (Å²) in [6.45, 7) is 3.00. The fourth-order valence-electron chi connectivity index (χ4n) is 2.47. The van der Waals surface area contributed by atoms with Crippen molar-refractivity contribution >= 4 is 22.8 Å². The molecule has 2 amide bonds. The Hall–Kier alpha value is -1.11. The van der Waals surface area contributed by atoms with E-state index in [0.717, 1.165) is 12.8 Å².